The number of nitrogens with one attached hydrogen (secondary N) is 1. The number of hydrogen-bond donors (Lipinski definition) is 1. The summed E-state index contributed by atoms with van der Waals surface area (Å²) in [5.41, 5.74) is -0.791. The van der Waals surface area contributed by atoms with Gasteiger partial charge in [-0.05, 0) is 68.7 Å². The molecule has 2 aliphatic heterocycles. The molecule has 1 spiro atoms. The fourth-order valence-electron chi connectivity index (χ4n) is 9.56. The molecule has 3 unspecified atom stereocenters. The Kier molecular flexibility index (Phi) is 5.08. The van der Waals surface area contributed by atoms with E-state index in [-0.39, 0.29) is 52.5 Å². The maximum absolute atomic E-state index is 13.8. The molecule has 0 radical (unpaired) electrons. The van der Waals surface area contributed by atoms with Crippen LogP contribution in [0.4, 0.5) is 4.79 Å². The molecule has 34 heavy (non-hydrogen) atoms. The number of nitrogens with zero attached hydrogens (tertiary/aromatic N) is 1. The number of methoxy groups -OCH3 is 1. The van der Waals surface area contributed by atoms with Crippen molar-refractivity contribution in [2.75, 3.05) is 26.7 Å². The molecule has 4 aliphatic carbocycles. The van der Waals surface area contributed by atoms with Crippen LogP contribution >= 0.6 is 0 Å². The van der Waals surface area contributed by atoms with Crippen molar-refractivity contribution in [2.45, 2.75) is 77.9 Å². The fraction of sp³-hybridized carbons (Fsp3) is 0.889. The second-order valence-corrected chi connectivity index (χ2v) is 13.0. The van der Waals surface area contributed by atoms with Crippen LogP contribution in [0.2, 0.25) is 0 Å². The number of Topliss-reactive ketones (excluding diaryl/α,β-unsaturated/α-hetero) is 1. The molecule has 7 nitrogen and oxygen atoms in total. The van der Waals surface area contributed by atoms with Crippen LogP contribution in [0.5, 0.6) is 0 Å². The van der Waals surface area contributed by atoms with Gasteiger partial charge in [0.05, 0.1) is 12.0 Å². The monoisotopic (exact) mass is 472 g/mol. The molecule has 1 N–H and O–H groups in total. The molecule has 2 saturated heterocycles. The molecule has 4 saturated carbocycles. The molecule has 0 aromatic rings. The lowest BCUT2D eigenvalue weighted by molar-refractivity contribution is -0.159. The van der Waals surface area contributed by atoms with Crippen LogP contribution < -0.4 is 5.32 Å². The van der Waals surface area contributed by atoms with Gasteiger partial charge in [0.15, 0.2) is 0 Å². The van der Waals surface area contributed by atoms with Gasteiger partial charge >= 0.3 is 6.09 Å². The predicted molar refractivity (Wildman–Crippen MR) is 125 cm³/mol. The van der Waals surface area contributed by atoms with Crippen molar-refractivity contribution in [3.8, 4) is 0 Å². The van der Waals surface area contributed by atoms with E-state index >= 15 is 0 Å². The maximum atomic E-state index is 13.8. The van der Waals surface area contributed by atoms with Crippen molar-refractivity contribution in [1.82, 2.24) is 10.2 Å². The Morgan fingerprint density at radius 1 is 1.09 bits per heavy atom. The number of hydrogen-bond acceptors (Lipinski definition) is 6. The third-order valence-corrected chi connectivity index (χ3v) is 11.3. The second kappa shape index (κ2) is 7.52. The number of carbonyl (C=O) groups excluding carboxylic acids is 3. The summed E-state index contributed by atoms with van der Waals surface area (Å²) in [6, 6.07) is 0. The van der Waals surface area contributed by atoms with Crippen LogP contribution in [-0.2, 0) is 19.1 Å². The Hall–Kier alpha value is -1.47. The number of alkyl carbamates (subject to hydrolysis) is 1. The van der Waals surface area contributed by atoms with Crippen LogP contribution in [0.15, 0.2) is 0 Å². The summed E-state index contributed by atoms with van der Waals surface area (Å²) < 4.78 is 12.2. The van der Waals surface area contributed by atoms with Crippen molar-refractivity contribution in [1.29, 1.82) is 0 Å². The number of rotatable bonds is 3. The van der Waals surface area contributed by atoms with E-state index in [0.29, 0.717) is 18.3 Å². The largest absolute Gasteiger partial charge is 0.445 e. The zero-order valence-electron chi connectivity index (χ0n) is 21.1. The quantitative estimate of drug-likeness (QED) is 0.678. The first-order valence-corrected chi connectivity index (χ1v) is 13.4. The summed E-state index contributed by atoms with van der Waals surface area (Å²) in [5.74, 6) is 1.01. The van der Waals surface area contributed by atoms with E-state index in [4.69, 9.17) is 9.47 Å². The van der Waals surface area contributed by atoms with Gasteiger partial charge in [0, 0.05) is 42.9 Å². The number of carbonyl (C=O) groups is 3. The number of imide groups is 1. The third kappa shape index (κ3) is 3.04. The summed E-state index contributed by atoms with van der Waals surface area (Å²) in [7, 11) is 1.79. The van der Waals surface area contributed by atoms with Gasteiger partial charge in [-0.3, -0.25) is 14.9 Å². The maximum Gasteiger partial charge on any atom is 0.414 e. The average molecular weight is 473 g/mol. The summed E-state index contributed by atoms with van der Waals surface area (Å²) in [5, 5.41) is 2.59. The Bertz CT molecular complexity index is 919. The number of ether oxygens (including phenoxy) is 2. The lowest BCUT2D eigenvalue weighted by Gasteiger charge is -2.54. The second-order valence-electron chi connectivity index (χ2n) is 13.0. The van der Waals surface area contributed by atoms with E-state index in [0.717, 1.165) is 58.2 Å². The average Bonchev–Trinajstić information content (AvgIpc) is 3.12. The Balaban J connectivity index is 1.28. The summed E-state index contributed by atoms with van der Waals surface area (Å²) in [6.45, 7) is 8.91. The molecular weight excluding hydrogens is 432 g/mol. The van der Waals surface area contributed by atoms with E-state index in [2.05, 4.69) is 17.1 Å². The highest BCUT2D eigenvalue weighted by Gasteiger charge is 2.76. The van der Waals surface area contributed by atoms with Gasteiger partial charge < -0.3 is 14.4 Å². The highest BCUT2D eigenvalue weighted by molar-refractivity contribution is 5.93. The zero-order chi connectivity index (χ0) is 24.0. The number of ketones is 1. The lowest BCUT2D eigenvalue weighted by atomic mass is 9.50. The number of amides is 2. The summed E-state index contributed by atoms with van der Waals surface area (Å²) >= 11 is 0. The van der Waals surface area contributed by atoms with E-state index in [1.165, 1.54) is 0 Å². The van der Waals surface area contributed by atoms with Gasteiger partial charge in [0.1, 0.15) is 11.9 Å². The van der Waals surface area contributed by atoms with Gasteiger partial charge in [-0.15, -0.1) is 0 Å². The zero-order valence-corrected chi connectivity index (χ0v) is 21.1. The minimum atomic E-state index is -0.632. The molecule has 2 amide bonds. The molecular formula is C27H40N2O5. The van der Waals surface area contributed by atoms with Crippen LogP contribution in [-0.4, -0.2) is 61.6 Å². The van der Waals surface area contributed by atoms with Crippen LogP contribution in [0.25, 0.3) is 0 Å². The topological polar surface area (TPSA) is 84.9 Å². The highest BCUT2D eigenvalue weighted by Crippen LogP contribution is 2.78. The first-order chi connectivity index (χ1) is 16.1. The molecule has 7 heteroatoms. The van der Waals surface area contributed by atoms with Gasteiger partial charge in [-0.2, -0.15) is 0 Å². The summed E-state index contributed by atoms with van der Waals surface area (Å²) in [4.78, 5) is 42.1. The molecule has 4 bridgehead atoms. The van der Waals surface area contributed by atoms with Gasteiger partial charge in [-0.1, -0.05) is 20.8 Å². The minimum Gasteiger partial charge on any atom is -0.445 e. The first kappa shape index (κ1) is 23.0. The van der Waals surface area contributed by atoms with E-state index in [9.17, 15) is 14.4 Å². The van der Waals surface area contributed by atoms with Crippen LogP contribution in [0.3, 0.4) is 0 Å². The standard InChI is InChI=1S/C27H40N2O5/c1-15-22(30)25(2,3)12-20(34-24(32)28-23(31)18-14-29-10-7-16(18)13-29)27-11-17(27)5-8-26(15)9-6-19(33-4)21(26)27/h15-21H,5-14H2,1-4H3,(H,28,31,32)/t15-,16+,17-,18-,19+,20+,21?,26?,27-/m0/s1. The van der Waals surface area contributed by atoms with Gasteiger partial charge in [-0.25, -0.2) is 4.79 Å². The lowest BCUT2D eigenvalue weighted by Crippen LogP contribution is -2.57. The predicted octanol–water partition coefficient (Wildman–Crippen LogP) is 3.41. The van der Waals surface area contributed by atoms with Crippen molar-refractivity contribution in [3.05, 3.63) is 0 Å². The Morgan fingerprint density at radius 2 is 1.85 bits per heavy atom. The SMILES string of the molecule is CO[C@@H]1CCC23CC[C@H]4C[C@@]4(C12)[C@H](OC(=O)NC(=O)[C@H]1CN2CC[C@@H]1C2)CC(C)(C)C(=O)[C@@H]3C. The third-order valence-electron chi connectivity index (χ3n) is 11.3. The van der Waals surface area contributed by atoms with Crippen molar-refractivity contribution >= 4 is 17.8 Å². The number of fused-ring (bicyclic) bond motifs is 2. The minimum absolute atomic E-state index is 0.0183. The van der Waals surface area contributed by atoms with E-state index < -0.39 is 11.5 Å². The smallest absolute Gasteiger partial charge is 0.414 e. The normalized spacial score (nSPS) is 50.1. The Morgan fingerprint density at radius 3 is 2.53 bits per heavy atom. The molecule has 10 atom stereocenters. The summed E-state index contributed by atoms with van der Waals surface area (Å²) in [6.07, 6.45) is 5.77. The molecule has 0 aromatic heterocycles. The molecule has 6 fully saturated rings. The Labute approximate surface area is 202 Å². The van der Waals surface area contributed by atoms with E-state index in [1.54, 1.807) is 7.11 Å². The molecule has 6 rings (SSSR count). The van der Waals surface area contributed by atoms with Crippen molar-refractivity contribution in [2.24, 2.45) is 45.8 Å². The van der Waals surface area contributed by atoms with Crippen LogP contribution in [0.1, 0.15) is 65.7 Å². The van der Waals surface area contributed by atoms with Crippen molar-refractivity contribution in [3.63, 3.8) is 0 Å². The number of piperidine rings is 1. The molecule has 0 aromatic carbocycles. The van der Waals surface area contributed by atoms with Gasteiger partial charge in [0.2, 0.25) is 5.91 Å². The molecule has 6 aliphatic rings. The fourth-order valence-corrected chi connectivity index (χ4v) is 9.56. The van der Waals surface area contributed by atoms with Crippen LogP contribution in [0, 0.1) is 45.8 Å². The van der Waals surface area contributed by atoms with Gasteiger partial charge in [0.25, 0.3) is 0 Å². The van der Waals surface area contributed by atoms with E-state index in [1.807, 2.05) is 13.8 Å². The van der Waals surface area contributed by atoms with Crippen molar-refractivity contribution < 1.29 is 23.9 Å². The molecule has 188 valence electrons. The molecule has 2 heterocycles. The first-order valence-electron chi connectivity index (χ1n) is 13.4. The highest BCUT2D eigenvalue weighted by atomic mass is 16.6.